The minimum absolute atomic E-state index is 0.00436. The van der Waals surface area contributed by atoms with E-state index in [-0.39, 0.29) is 11.7 Å². The van der Waals surface area contributed by atoms with Gasteiger partial charge in [-0.3, -0.25) is 9.69 Å². The van der Waals surface area contributed by atoms with E-state index in [0.29, 0.717) is 5.02 Å². The predicted octanol–water partition coefficient (Wildman–Crippen LogP) is 7.19. The number of thioether (sulfide) groups is 1. The molecule has 1 aliphatic heterocycles. The van der Waals surface area contributed by atoms with E-state index in [1.54, 1.807) is 28.0 Å². The first-order valence-corrected chi connectivity index (χ1v) is 12.7. The molecule has 2 aromatic carbocycles. The number of aromatic nitrogens is 2. The van der Waals surface area contributed by atoms with Crippen LogP contribution in [-0.2, 0) is 4.79 Å². The molecule has 2 aromatic heterocycles. The fraction of sp³-hybridized carbons (Fsp3) is 0.174. The summed E-state index contributed by atoms with van der Waals surface area (Å²) in [5.74, 6) is 0.987. The molecule has 0 atom stereocenters. The predicted molar refractivity (Wildman–Crippen MR) is 132 cm³/mol. The van der Waals surface area contributed by atoms with Gasteiger partial charge in [0.15, 0.2) is 0 Å². The van der Waals surface area contributed by atoms with Gasteiger partial charge in [-0.15, -0.1) is 11.3 Å². The van der Waals surface area contributed by atoms with Crippen molar-refractivity contribution in [3.63, 3.8) is 0 Å². The number of amides is 1. The molecule has 0 saturated heterocycles. The zero-order valence-corrected chi connectivity index (χ0v) is 20.3. The van der Waals surface area contributed by atoms with Crippen LogP contribution in [0.5, 0.6) is 0 Å². The van der Waals surface area contributed by atoms with E-state index < -0.39 is 0 Å². The fourth-order valence-electron chi connectivity index (χ4n) is 3.61. The van der Waals surface area contributed by atoms with Crippen LogP contribution in [0.1, 0.15) is 16.3 Å². The summed E-state index contributed by atoms with van der Waals surface area (Å²) in [5, 5.41) is 2.54. The molecular weight excluding hydrogens is 466 g/mol. The fourth-order valence-corrected chi connectivity index (χ4v) is 6.93. The number of fused-ring (bicyclic) bond motifs is 3. The van der Waals surface area contributed by atoms with Gasteiger partial charge in [-0.05, 0) is 56.7 Å². The first-order valence-electron chi connectivity index (χ1n) is 9.69. The molecule has 31 heavy (non-hydrogen) atoms. The number of hydrogen-bond donors (Lipinski definition) is 0. The monoisotopic (exact) mass is 483 g/mol. The largest absolute Gasteiger partial charge is 0.278 e. The molecule has 1 aliphatic rings. The lowest BCUT2D eigenvalue weighted by Gasteiger charge is -2.31. The Hall–Kier alpha value is -2.06. The Morgan fingerprint density at radius 2 is 1.84 bits per heavy atom. The number of carbonyl (C=O) groups is 1. The zero-order chi connectivity index (χ0) is 21.7. The van der Waals surface area contributed by atoms with Gasteiger partial charge in [-0.2, -0.15) is 0 Å². The Kier molecular flexibility index (Phi) is 5.46. The molecule has 0 fully saturated rings. The Morgan fingerprint density at radius 1 is 1.06 bits per heavy atom. The van der Waals surface area contributed by atoms with Gasteiger partial charge in [-0.25, -0.2) is 9.97 Å². The van der Waals surface area contributed by atoms with Crippen LogP contribution in [0.25, 0.3) is 10.2 Å². The smallest absolute Gasteiger partial charge is 0.242 e. The highest BCUT2D eigenvalue weighted by Gasteiger charge is 2.28. The molecule has 5 rings (SSSR count). The summed E-state index contributed by atoms with van der Waals surface area (Å²) >= 11 is 11.1. The molecule has 8 heteroatoms. The van der Waals surface area contributed by atoms with E-state index in [1.807, 2.05) is 49.4 Å². The second-order valence-electron chi connectivity index (χ2n) is 7.24. The van der Waals surface area contributed by atoms with E-state index in [9.17, 15) is 4.79 Å². The minimum Gasteiger partial charge on any atom is -0.278 e. The summed E-state index contributed by atoms with van der Waals surface area (Å²) in [7, 11) is 0. The summed E-state index contributed by atoms with van der Waals surface area (Å²) in [6.07, 6.45) is 0. The normalized spacial score (nSPS) is 12.7. The van der Waals surface area contributed by atoms with Crippen molar-refractivity contribution in [1.29, 1.82) is 0 Å². The molecule has 156 valence electrons. The SMILES string of the molecule is Cc1nc(SCC(=O)N2c3ccccc3Sc3ccc(Cl)cc32)c2c(C)c(C)sc2n1. The molecule has 0 radical (unpaired) electrons. The molecular formula is C23H18ClN3OS3. The first-order chi connectivity index (χ1) is 14.9. The first kappa shape index (κ1) is 20.8. The van der Waals surface area contributed by atoms with Crippen molar-refractivity contribution in [3.05, 3.63) is 63.8 Å². The number of halogens is 1. The summed E-state index contributed by atoms with van der Waals surface area (Å²) in [6, 6.07) is 13.7. The number of rotatable bonds is 3. The lowest BCUT2D eigenvalue weighted by Crippen LogP contribution is -2.30. The number of thiophene rings is 1. The maximum Gasteiger partial charge on any atom is 0.242 e. The van der Waals surface area contributed by atoms with Crippen molar-refractivity contribution in [2.45, 2.75) is 35.6 Å². The van der Waals surface area contributed by atoms with E-state index in [0.717, 1.165) is 42.2 Å². The number of anilines is 2. The van der Waals surface area contributed by atoms with Crippen molar-refractivity contribution >= 4 is 74.0 Å². The van der Waals surface area contributed by atoms with Crippen LogP contribution in [0.4, 0.5) is 11.4 Å². The third kappa shape index (κ3) is 3.74. The van der Waals surface area contributed by atoms with Crippen molar-refractivity contribution in [1.82, 2.24) is 9.97 Å². The van der Waals surface area contributed by atoms with Crippen LogP contribution in [0.3, 0.4) is 0 Å². The van der Waals surface area contributed by atoms with Gasteiger partial charge >= 0.3 is 0 Å². The molecule has 0 bridgehead atoms. The van der Waals surface area contributed by atoms with Crippen LogP contribution >= 0.6 is 46.5 Å². The van der Waals surface area contributed by atoms with Crippen molar-refractivity contribution in [3.8, 4) is 0 Å². The highest BCUT2D eigenvalue weighted by atomic mass is 35.5. The molecule has 0 saturated carbocycles. The number of para-hydroxylation sites is 1. The molecule has 4 nitrogen and oxygen atoms in total. The van der Waals surface area contributed by atoms with Gasteiger partial charge in [0.25, 0.3) is 0 Å². The number of aryl methyl sites for hydroxylation is 3. The number of nitrogens with zero attached hydrogens (tertiary/aromatic N) is 3. The Morgan fingerprint density at radius 3 is 2.68 bits per heavy atom. The number of hydrogen-bond acceptors (Lipinski definition) is 6. The average molecular weight is 484 g/mol. The Labute approximate surface area is 198 Å². The van der Waals surface area contributed by atoms with Gasteiger partial charge < -0.3 is 0 Å². The molecule has 1 amide bonds. The third-order valence-corrected chi connectivity index (χ3v) is 8.60. The second kappa shape index (κ2) is 8.13. The molecule has 0 aliphatic carbocycles. The van der Waals surface area contributed by atoms with Crippen LogP contribution in [0, 0.1) is 20.8 Å². The third-order valence-electron chi connectivity index (χ3n) is 5.18. The lowest BCUT2D eigenvalue weighted by atomic mass is 10.2. The minimum atomic E-state index is -0.00436. The summed E-state index contributed by atoms with van der Waals surface area (Å²) < 4.78 is 0. The lowest BCUT2D eigenvalue weighted by molar-refractivity contribution is -0.115. The van der Waals surface area contributed by atoms with E-state index in [1.165, 1.54) is 22.2 Å². The van der Waals surface area contributed by atoms with Crippen LogP contribution in [-0.4, -0.2) is 21.6 Å². The molecule has 0 N–H and O–H groups in total. The quantitative estimate of drug-likeness (QED) is 0.228. The maximum absolute atomic E-state index is 13.5. The number of carbonyl (C=O) groups excluding carboxylic acids is 1. The zero-order valence-electron chi connectivity index (χ0n) is 17.1. The summed E-state index contributed by atoms with van der Waals surface area (Å²) in [5.41, 5.74) is 2.90. The maximum atomic E-state index is 13.5. The second-order valence-corrected chi connectivity index (χ2v) is 10.9. The van der Waals surface area contributed by atoms with Crippen molar-refractivity contribution < 1.29 is 4.79 Å². The van der Waals surface area contributed by atoms with Crippen LogP contribution in [0.2, 0.25) is 5.02 Å². The van der Waals surface area contributed by atoms with Crippen molar-refractivity contribution in [2.24, 2.45) is 0 Å². The Balaban J connectivity index is 1.51. The van der Waals surface area contributed by atoms with Crippen LogP contribution in [0.15, 0.2) is 57.3 Å². The van der Waals surface area contributed by atoms with Gasteiger partial charge in [0.05, 0.1) is 17.1 Å². The van der Waals surface area contributed by atoms with E-state index in [4.69, 9.17) is 11.6 Å². The topological polar surface area (TPSA) is 46.1 Å². The van der Waals surface area contributed by atoms with Gasteiger partial charge in [0, 0.05) is 25.1 Å². The molecule has 0 unspecified atom stereocenters. The average Bonchev–Trinajstić information content (AvgIpc) is 3.03. The highest BCUT2D eigenvalue weighted by Crippen LogP contribution is 2.49. The highest BCUT2D eigenvalue weighted by molar-refractivity contribution is 8.00. The van der Waals surface area contributed by atoms with Gasteiger partial charge in [0.2, 0.25) is 5.91 Å². The molecule has 0 spiro atoms. The number of benzene rings is 2. The van der Waals surface area contributed by atoms with E-state index >= 15 is 0 Å². The van der Waals surface area contributed by atoms with E-state index in [2.05, 4.69) is 23.8 Å². The summed E-state index contributed by atoms with van der Waals surface area (Å²) in [6.45, 7) is 6.08. The van der Waals surface area contributed by atoms with Crippen LogP contribution < -0.4 is 4.90 Å². The summed E-state index contributed by atoms with van der Waals surface area (Å²) in [4.78, 5) is 28.8. The van der Waals surface area contributed by atoms with Crippen molar-refractivity contribution in [2.75, 3.05) is 10.7 Å². The standard InChI is InChI=1S/C23H18ClN3OS3/c1-12-13(2)30-23-21(12)22(25-14(3)26-23)29-11-20(28)27-16-6-4-5-7-18(16)31-19-9-8-15(24)10-17(19)27/h4-10H,11H2,1-3H3. The Bertz CT molecular complexity index is 1350. The molecule has 4 aromatic rings. The van der Waals surface area contributed by atoms with Gasteiger partial charge in [0.1, 0.15) is 15.7 Å². The van der Waals surface area contributed by atoms with Gasteiger partial charge in [-0.1, -0.05) is 47.3 Å². The molecule has 3 heterocycles.